The van der Waals surface area contributed by atoms with Crippen LogP contribution in [0.1, 0.15) is 50.9 Å². The number of rotatable bonds is 0. The van der Waals surface area contributed by atoms with Crippen LogP contribution in [0.2, 0.25) is 0 Å². The summed E-state index contributed by atoms with van der Waals surface area (Å²) >= 11 is 0. The molecule has 25 heavy (non-hydrogen) atoms. The van der Waals surface area contributed by atoms with Crippen LogP contribution in [0.3, 0.4) is 0 Å². The Bertz CT molecular complexity index is 815. The van der Waals surface area contributed by atoms with Crippen molar-refractivity contribution < 1.29 is 14.1 Å². The highest BCUT2D eigenvalue weighted by atomic mass is 16.6. The van der Waals surface area contributed by atoms with E-state index in [2.05, 4.69) is 5.16 Å². The van der Waals surface area contributed by atoms with Crippen LogP contribution in [-0.2, 0) is 30.7 Å². The molecule has 134 valence electrons. The maximum atomic E-state index is 12.6. The van der Waals surface area contributed by atoms with E-state index in [0.717, 1.165) is 54.1 Å². The normalized spacial score (nSPS) is 19.7. The smallest absolute Gasteiger partial charge is 0.410 e. The molecule has 0 bridgehead atoms. The number of carbonyl (C=O) groups is 1. The summed E-state index contributed by atoms with van der Waals surface area (Å²) in [6.07, 6.45) is 4.17. The number of amides is 1. The van der Waals surface area contributed by atoms with E-state index in [1.165, 1.54) is 0 Å². The van der Waals surface area contributed by atoms with E-state index in [9.17, 15) is 4.79 Å². The molecule has 0 fully saturated rings. The molecule has 2 aromatic rings. The fourth-order valence-electron chi connectivity index (χ4n) is 3.63. The Hall–Kier alpha value is -2.31. The molecular weight excluding hydrogens is 320 g/mol. The monoisotopic (exact) mass is 344 g/mol. The number of hydrogen-bond acceptors (Lipinski definition) is 5. The van der Waals surface area contributed by atoms with E-state index >= 15 is 0 Å². The predicted octanol–water partition coefficient (Wildman–Crippen LogP) is 3.17. The van der Waals surface area contributed by atoms with Crippen molar-refractivity contribution >= 4 is 6.09 Å². The minimum Gasteiger partial charge on any atom is -0.444 e. The summed E-state index contributed by atoms with van der Waals surface area (Å²) in [4.78, 5) is 14.4. The van der Waals surface area contributed by atoms with E-state index in [-0.39, 0.29) is 12.1 Å². The van der Waals surface area contributed by atoms with Crippen LogP contribution in [0.25, 0.3) is 11.5 Å². The third kappa shape index (κ3) is 2.81. The molecule has 2 aliphatic heterocycles. The molecule has 1 amide bonds. The molecule has 0 aromatic carbocycles. The lowest BCUT2D eigenvalue weighted by atomic mass is 9.98. The number of hydrogen-bond donors (Lipinski definition) is 0. The van der Waals surface area contributed by atoms with Crippen molar-refractivity contribution in [3.63, 3.8) is 0 Å². The molecule has 2 aliphatic rings. The zero-order valence-corrected chi connectivity index (χ0v) is 15.2. The molecule has 1 atom stereocenters. The van der Waals surface area contributed by atoms with Gasteiger partial charge >= 0.3 is 6.09 Å². The zero-order chi connectivity index (χ0) is 17.8. The lowest BCUT2D eigenvalue weighted by Crippen LogP contribution is -2.45. The van der Waals surface area contributed by atoms with Crippen molar-refractivity contribution in [2.45, 2.75) is 71.7 Å². The molecule has 4 heterocycles. The van der Waals surface area contributed by atoms with Gasteiger partial charge < -0.3 is 14.2 Å². The third-order valence-electron chi connectivity index (χ3n) is 4.79. The van der Waals surface area contributed by atoms with E-state index in [1.807, 2.05) is 32.4 Å². The molecule has 0 N–H and O–H groups in total. The number of aromatic nitrogens is 3. The molecule has 2 aromatic heterocycles. The maximum Gasteiger partial charge on any atom is 0.410 e. The average molecular weight is 344 g/mol. The van der Waals surface area contributed by atoms with Gasteiger partial charge in [0.15, 0.2) is 5.76 Å². The van der Waals surface area contributed by atoms with Crippen LogP contribution in [0.4, 0.5) is 4.79 Å². The molecule has 0 radical (unpaired) electrons. The molecule has 0 aliphatic carbocycles. The number of ether oxygens (including phenoxy) is 1. The maximum absolute atomic E-state index is 12.6. The lowest BCUT2D eigenvalue weighted by molar-refractivity contribution is 0.0138. The summed E-state index contributed by atoms with van der Waals surface area (Å²) in [5, 5.41) is 8.77. The van der Waals surface area contributed by atoms with Gasteiger partial charge in [-0.15, -0.1) is 0 Å². The second kappa shape index (κ2) is 5.61. The SMILES string of the molecule is C[C@@H]1Cc2nn3c(c2CN1C(=O)OC(C)(C)C)-c1oncc1CCC3. The van der Waals surface area contributed by atoms with Gasteiger partial charge in [-0.25, -0.2) is 4.79 Å². The van der Waals surface area contributed by atoms with Gasteiger partial charge in [0.25, 0.3) is 0 Å². The van der Waals surface area contributed by atoms with Crippen LogP contribution < -0.4 is 0 Å². The molecule has 0 unspecified atom stereocenters. The second-order valence-electron chi connectivity index (χ2n) is 7.94. The van der Waals surface area contributed by atoms with Gasteiger partial charge in [-0.3, -0.25) is 4.68 Å². The Balaban J connectivity index is 1.72. The predicted molar refractivity (Wildman–Crippen MR) is 91.0 cm³/mol. The van der Waals surface area contributed by atoms with Crippen LogP contribution >= 0.6 is 0 Å². The fraction of sp³-hybridized carbons (Fsp3) is 0.611. The van der Waals surface area contributed by atoms with Crippen LogP contribution in [0, 0.1) is 0 Å². The highest BCUT2D eigenvalue weighted by Crippen LogP contribution is 2.36. The highest BCUT2D eigenvalue weighted by molar-refractivity contribution is 5.71. The molecule has 0 spiro atoms. The van der Waals surface area contributed by atoms with Crippen LogP contribution in [0.5, 0.6) is 0 Å². The van der Waals surface area contributed by atoms with Crippen molar-refractivity contribution in [3.05, 3.63) is 23.0 Å². The topological polar surface area (TPSA) is 73.4 Å². The molecule has 0 saturated heterocycles. The molecular formula is C18H24N4O3. The molecule has 4 rings (SSSR count). The first-order chi connectivity index (χ1) is 11.8. The highest BCUT2D eigenvalue weighted by Gasteiger charge is 2.36. The first-order valence-electron chi connectivity index (χ1n) is 8.85. The van der Waals surface area contributed by atoms with Crippen molar-refractivity contribution in [1.29, 1.82) is 0 Å². The standard InChI is InChI=1S/C18H24N4O3/c1-11-8-14-13(10-21(11)17(23)24-18(2,3)4)15-16-12(9-19-25-16)6-5-7-22(15)20-14/h9,11H,5-8,10H2,1-4H3/t11-/m1/s1. The Morgan fingerprint density at radius 2 is 2.20 bits per heavy atom. The summed E-state index contributed by atoms with van der Waals surface area (Å²) in [6, 6.07) is 0.0516. The van der Waals surface area contributed by atoms with Gasteiger partial charge in [0, 0.05) is 30.1 Å². The lowest BCUT2D eigenvalue weighted by Gasteiger charge is -2.34. The first kappa shape index (κ1) is 16.2. The van der Waals surface area contributed by atoms with Gasteiger partial charge in [0.2, 0.25) is 0 Å². The van der Waals surface area contributed by atoms with Crippen molar-refractivity contribution in [2.75, 3.05) is 0 Å². The summed E-state index contributed by atoms with van der Waals surface area (Å²) in [6.45, 7) is 9.04. The second-order valence-corrected chi connectivity index (χ2v) is 7.94. The minimum atomic E-state index is -0.509. The van der Waals surface area contributed by atoms with E-state index < -0.39 is 5.60 Å². The van der Waals surface area contributed by atoms with Gasteiger partial charge in [-0.2, -0.15) is 5.10 Å². The summed E-state index contributed by atoms with van der Waals surface area (Å²) in [5.41, 5.74) is 3.69. The van der Waals surface area contributed by atoms with Gasteiger partial charge in [0.1, 0.15) is 11.3 Å². The third-order valence-corrected chi connectivity index (χ3v) is 4.79. The summed E-state index contributed by atoms with van der Waals surface area (Å²) < 4.78 is 13.2. The largest absolute Gasteiger partial charge is 0.444 e. The van der Waals surface area contributed by atoms with E-state index in [0.29, 0.717) is 6.54 Å². The van der Waals surface area contributed by atoms with Gasteiger partial charge in [-0.1, -0.05) is 5.16 Å². The summed E-state index contributed by atoms with van der Waals surface area (Å²) in [7, 11) is 0. The number of fused-ring (bicyclic) bond motifs is 5. The summed E-state index contributed by atoms with van der Waals surface area (Å²) in [5.74, 6) is 0.796. The van der Waals surface area contributed by atoms with E-state index in [1.54, 1.807) is 11.1 Å². The van der Waals surface area contributed by atoms with Crippen molar-refractivity contribution in [3.8, 4) is 11.5 Å². The number of aryl methyl sites for hydroxylation is 2. The van der Waals surface area contributed by atoms with Crippen molar-refractivity contribution in [2.24, 2.45) is 0 Å². The van der Waals surface area contributed by atoms with Crippen LogP contribution in [-0.4, -0.2) is 37.6 Å². The Morgan fingerprint density at radius 3 is 2.96 bits per heavy atom. The zero-order valence-electron chi connectivity index (χ0n) is 15.2. The van der Waals surface area contributed by atoms with Crippen molar-refractivity contribution in [1.82, 2.24) is 19.8 Å². The quantitative estimate of drug-likeness (QED) is 0.734. The molecule has 0 saturated carbocycles. The Kier molecular flexibility index (Phi) is 3.63. The average Bonchev–Trinajstić information content (AvgIpc) is 3.04. The Labute approximate surface area is 146 Å². The molecule has 7 nitrogen and oxygen atoms in total. The minimum absolute atomic E-state index is 0.0516. The van der Waals surface area contributed by atoms with Gasteiger partial charge in [-0.05, 0) is 40.5 Å². The van der Waals surface area contributed by atoms with Gasteiger partial charge in [0.05, 0.1) is 18.4 Å². The fourth-order valence-corrected chi connectivity index (χ4v) is 3.63. The van der Waals surface area contributed by atoms with E-state index in [4.69, 9.17) is 14.4 Å². The van der Waals surface area contributed by atoms with Crippen LogP contribution in [0.15, 0.2) is 10.7 Å². The number of carbonyl (C=O) groups excluding carboxylic acids is 1. The first-order valence-corrected chi connectivity index (χ1v) is 8.85. The molecule has 7 heteroatoms. The number of nitrogens with zero attached hydrogens (tertiary/aromatic N) is 4. The Morgan fingerprint density at radius 1 is 1.40 bits per heavy atom.